The first-order chi connectivity index (χ1) is 26.8. The molecule has 1 N–H and O–H groups in total. The Balaban J connectivity index is 1.24. The summed E-state index contributed by atoms with van der Waals surface area (Å²) in [5.74, 6) is -0.737. The Kier molecular flexibility index (Phi) is 12.4. The van der Waals surface area contributed by atoms with Gasteiger partial charge in [-0.3, -0.25) is 9.59 Å². The molecule has 0 aliphatic heterocycles. The summed E-state index contributed by atoms with van der Waals surface area (Å²) in [5.41, 5.74) is 5.72. The van der Waals surface area contributed by atoms with Crippen LogP contribution in [-0.2, 0) is 32.8 Å². The van der Waals surface area contributed by atoms with Crippen LogP contribution < -0.4 is 5.32 Å². The average molecular weight is 774 g/mol. The topological polar surface area (TPSA) is 58.6 Å². The van der Waals surface area contributed by atoms with Crippen LogP contribution in [0.1, 0.15) is 89.3 Å². The molecule has 4 atom stereocenters. The van der Waals surface area contributed by atoms with Crippen molar-refractivity contribution in [3.8, 4) is 0 Å². The van der Waals surface area contributed by atoms with Crippen molar-refractivity contribution in [1.29, 1.82) is 0 Å². The van der Waals surface area contributed by atoms with E-state index in [9.17, 15) is 9.59 Å². The number of hydrogen-bond donors (Lipinski definition) is 1. The zero-order chi connectivity index (χ0) is 38.4. The first kappa shape index (κ1) is 38.8. The van der Waals surface area contributed by atoms with Crippen molar-refractivity contribution in [2.24, 2.45) is 5.92 Å². The second-order valence-electron chi connectivity index (χ2n) is 15.3. The number of carbonyl (C=O) groups excluding carboxylic acids is 2. The Bertz CT molecular complexity index is 2060. The van der Waals surface area contributed by atoms with Crippen LogP contribution in [-0.4, -0.2) is 43.5 Å². The molecular weight excluding hydrogens is 723 g/mol. The molecule has 55 heavy (non-hydrogen) atoms. The maximum absolute atomic E-state index is 14.9. The van der Waals surface area contributed by atoms with E-state index in [2.05, 4.69) is 41.7 Å². The number of esters is 1. The van der Waals surface area contributed by atoms with Gasteiger partial charge >= 0.3 is 5.97 Å². The normalized spacial score (nSPS) is 17.6. The minimum atomic E-state index is -1.35. The minimum Gasteiger partial charge on any atom is -0.444 e. The highest BCUT2D eigenvalue weighted by atomic mass is 35.5. The van der Waals surface area contributed by atoms with E-state index < -0.39 is 17.5 Å². The smallest absolute Gasteiger partial charge is 0.308 e. The summed E-state index contributed by atoms with van der Waals surface area (Å²) < 4.78 is 6.92. The summed E-state index contributed by atoms with van der Waals surface area (Å²) in [6, 6.07) is 42.1. The van der Waals surface area contributed by atoms with Gasteiger partial charge in [0.05, 0.1) is 12.3 Å². The summed E-state index contributed by atoms with van der Waals surface area (Å²) in [6.07, 6.45) is 7.16. The molecule has 2 aliphatic rings. The number of nitrogens with one attached hydrogen (secondary N) is 1. The molecule has 1 unspecified atom stereocenters. The maximum atomic E-state index is 14.9. The fraction of sp³-hybridized carbons (Fsp3) is 0.333. The molecule has 5 aromatic carbocycles. The number of aryl methyl sites for hydroxylation is 1. The molecule has 5 nitrogen and oxygen atoms in total. The molecule has 0 saturated heterocycles. The van der Waals surface area contributed by atoms with Crippen molar-refractivity contribution >= 4 is 35.1 Å². The van der Waals surface area contributed by atoms with Gasteiger partial charge in [-0.25, -0.2) is 0 Å². The van der Waals surface area contributed by atoms with E-state index in [1.807, 2.05) is 105 Å². The first-order valence-electron chi connectivity index (χ1n) is 19.6. The van der Waals surface area contributed by atoms with E-state index >= 15 is 0 Å². The van der Waals surface area contributed by atoms with Crippen molar-refractivity contribution in [1.82, 2.24) is 10.2 Å². The van der Waals surface area contributed by atoms with Crippen LogP contribution in [0.3, 0.4) is 0 Å². The molecule has 1 fully saturated rings. The van der Waals surface area contributed by atoms with E-state index in [0.29, 0.717) is 28.1 Å². The summed E-state index contributed by atoms with van der Waals surface area (Å²) in [5, 5.41) is 4.58. The first-order valence-corrected chi connectivity index (χ1v) is 20.4. The number of ether oxygens (including phenoxy) is 1. The van der Waals surface area contributed by atoms with Crippen molar-refractivity contribution in [3.05, 3.63) is 176 Å². The van der Waals surface area contributed by atoms with Gasteiger partial charge in [0.25, 0.3) is 0 Å². The number of nitrogens with zero attached hydrogens (tertiary/aromatic N) is 1. The third kappa shape index (κ3) is 8.55. The van der Waals surface area contributed by atoms with Gasteiger partial charge in [0.2, 0.25) is 5.91 Å². The Morgan fingerprint density at radius 3 is 2.16 bits per heavy atom. The van der Waals surface area contributed by atoms with Gasteiger partial charge in [0.15, 0.2) is 5.60 Å². The second-order valence-corrected chi connectivity index (χ2v) is 16.1. The zero-order valence-electron chi connectivity index (χ0n) is 31.7. The molecule has 7 rings (SSSR count). The van der Waals surface area contributed by atoms with Gasteiger partial charge in [0.1, 0.15) is 0 Å². The lowest BCUT2D eigenvalue weighted by Gasteiger charge is -2.37. The lowest BCUT2D eigenvalue weighted by atomic mass is 9.79. The molecule has 0 radical (unpaired) electrons. The molecule has 2 aliphatic carbocycles. The van der Waals surface area contributed by atoms with Gasteiger partial charge in [-0.1, -0.05) is 145 Å². The van der Waals surface area contributed by atoms with Crippen molar-refractivity contribution < 1.29 is 14.3 Å². The van der Waals surface area contributed by atoms with Crippen molar-refractivity contribution in [2.75, 3.05) is 20.6 Å². The standard InChI is InChI=1S/C48H50Cl2N2O3/c1-51-40(30-33-20-27-39(49)28-21-33)32-52(2)47(54)43(42-29-24-36-14-8-9-17-41(36)42)31-46(53)55-48(37-15-4-3-5-16-37,44-18-10-11-19-45(44)50)38-25-22-35(23-26-38)34-12-6-7-13-34/h3-5,8-11,14-23,25-28,34,40,42-43,51H,6-7,12-13,24,29-32H2,1-2H3/t40-,42-,43+,48?/m1/s1. The predicted molar refractivity (Wildman–Crippen MR) is 223 cm³/mol. The summed E-state index contributed by atoms with van der Waals surface area (Å²) in [7, 11) is 3.76. The van der Waals surface area contributed by atoms with Crippen LogP contribution in [0.25, 0.3) is 0 Å². The number of hydrogen-bond acceptors (Lipinski definition) is 4. The second kappa shape index (κ2) is 17.6. The Morgan fingerprint density at radius 2 is 1.45 bits per heavy atom. The zero-order valence-corrected chi connectivity index (χ0v) is 33.2. The van der Waals surface area contributed by atoms with E-state index in [1.54, 1.807) is 4.90 Å². The minimum absolute atomic E-state index is 0.00301. The molecule has 7 heteroatoms. The van der Waals surface area contributed by atoms with Crippen LogP contribution in [0.4, 0.5) is 0 Å². The van der Waals surface area contributed by atoms with Crippen LogP contribution in [0, 0.1) is 5.92 Å². The molecule has 0 heterocycles. The van der Waals surface area contributed by atoms with Crippen molar-refractivity contribution in [3.63, 3.8) is 0 Å². The predicted octanol–water partition coefficient (Wildman–Crippen LogP) is 10.5. The highest BCUT2D eigenvalue weighted by molar-refractivity contribution is 6.31. The fourth-order valence-corrected chi connectivity index (χ4v) is 9.38. The third-order valence-electron chi connectivity index (χ3n) is 11.9. The van der Waals surface area contributed by atoms with Gasteiger partial charge in [-0.2, -0.15) is 0 Å². The molecular formula is C48H50Cl2N2O3. The number of fused-ring (bicyclic) bond motifs is 1. The Morgan fingerprint density at radius 1 is 0.800 bits per heavy atom. The number of rotatable bonds is 14. The van der Waals surface area contributed by atoms with Crippen LogP contribution in [0.15, 0.2) is 127 Å². The SMILES string of the molecule is CN[C@H](Cc1ccc(Cl)cc1)CN(C)C(=O)[C@@H](CC(=O)OC(c1ccccc1)(c1ccc(C2CCCC2)cc1)c1ccccc1Cl)[C@@H]1CCc2ccccc21. The molecule has 1 amide bonds. The third-order valence-corrected chi connectivity index (χ3v) is 12.5. The fourth-order valence-electron chi connectivity index (χ4n) is 8.99. The van der Waals surface area contributed by atoms with E-state index in [0.717, 1.165) is 41.5 Å². The number of amides is 1. The maximum Gasteiger partial charge on any atom is 0.308 e. The van der Waals surface area contributed by atoms with E-state index in [4.69, 9.17) is 27.9 Å². The molecule has 0 bridgehead atoms. The van der Waals surface area contributed by atoms with Gasteiger partial charge in [0, 0.05) is 46.4 Å². The summed E-state index contributed by atoms with van der Waals surface area (Å²) in [6.45, 7) is 0.471. The van der Waals surface area contributed by atoms with Crippen LogP contribution in [0.2, 0.25) is 10.0 Å². The molecule has 284 valence electrons. The van der Waals surface area contributed by atoms with Gasteiger partial charge in [-0.15, -0.1) is 0 Å². The number of likely N-dealkylation sites (N-methyl/N-ethyl adjacent to an activating group) is 2. The highest BCUT2D eigenvalue weighted by Crippen LogP contribution is 2.46. The number of halogens is 2. The van der Waals surface area contributed by atoms with Crippen LogP contribution in [0.5, 0.6) is 0 Å². The summed E-state index contributed by atoms with van der Waals surface area (Å²) >= 11 is 13.2. The van der Waals surface area contributed by atoms with E-state index in [1.165, 1.54) is 36.8 Å². The number of carbonyl (C=O) groups is 2. The molecule has 5 aromatic rings. The number of benzene rings is 5. The molecule has 0 aromatic heterocycles. The monoisotopic (exact) mass is 772 g/mol. The molecule has 0 spiro atoms. The lowest BCUT2D eigenvalue weighted by Crippen LogP contribution is -2.45. The van der Waals surface area contributed by atoms with Gasteiger partial charge < -0.3 is 15.0 Å². The lowest BCUT2D eigenvalue weighted by molar-refractivity contribution is -0.157. The average Bonchev–Trinajstić information content (AvgIpc) is 3.91. The largest absolute Gasteiger partial charge is 0.444 e. The highest BCUT2D eigenvalue weighted by Gasteiger charge is 2.44. The quantitative estimate of drug-likeness (QED) is 0.0902. The molecule has 1 saturated carbocycles. The van der Waals surface area contributed by atoms with E-state index in [-0.39, 0.29) is 24.3 Å². The van der Waals surface area contributed by atoms with Crippen LogP contribution >= 0.6 is 23.2 Å². The van der Waals surface area contributed by atoms with Crippen molar-refractivity contribution in [2.45, 2.75) is 74.8 Å². The van der Waals surface area contributed by atoms with Gasteiger partial charge in [-0.05, 0) is 91.4 Å². The Hall–Kier alpha value is -4.42. The summed E-state index contributed by atoms with van der Waals surface area (Å²) in [4.78, 5) is 31.4. The Labute approximate surface area is 336 Å².